The topological polar surface area (TPSA) is 76.7 Å². The summed E-state index contributed by atoms with van der Waals surface area (Å²) in [6.45, 7) is 1.91. The Bertz CT molecular complexity index is 1400. The number of fused-ring (bicyclic) bond motifs is 1. The SMILES string of the molecule is Cc1cc(F)cc(CCc2nc(-c3ccc4ncnn4c3)c(-c3ccn(C4CC4)n3)[nH]2)c1. The Morgan fingerprint density at radius 1 is 1.12 bits per heavy atom. The van der Waals surface area contributed by atoms with Crippen molar-refractivity contribution in [2.45, 2.75) is 38.6 Å². The second kappa shape index (κ2) is 7.40. The molecule has 0 bridgehead atoms. The largest absolute Gasteiger partial charge is 0.340 e. The van der Waals surface area contributed by atoms with Gasteiger partial charge in [-0.3, -0.25) is 4.68 Å². The lowest BCUT2D eigenvalue weighted by Gasteiger charge is -2.02. The summed E-state index contributed by atoms with van der Waals surface area (Å²) in [4.78, 5) is 12.6. The van der Waals surface area contributed by atoms with E-state index in [1.165, 1.54) is 19.2 Å². The molecule has 0 amide bonds. The molecule has 1 saturated carbocycles. The smallest absolute Gasteiger partial charge is 0.155 e. The van der Waals surface area contributed by atoms with Crippen LogP contribution in [-0.4, -0.2) is 34.3 Å². The molecule has 1 aliphatic carbocycles. The summed E-state index contributed by atoms with van der Waals surface area (Å²) in [6, 6.07) is 11.6. The van der Waals surface area contributed by atoms with E-state index in [1.807, 2.05) is 48.3 Å². The maximum atomic E-state index is 13.8. The first-order valence-electron chi connectivity index (χ1n) is 10.8. The molecule has 0 unspecified atom stereocenters. The van der Waals surface area contributed by atoms with Crippen molar-refractivity contribution in [3.8, 4) is 22.6 Å². The highest BCUT2D eigenvalue weighted by Crippen LogP contribution is 2.36. The van der Waals surface area contributed by atoms with Gasteiger partial charge in [-0.15, -0.1) is 0 Å². The molecule has 0 saturated heterocycles. The van der Waals surface area contributed by atoms with Gasteiger partial charge in [-0.2, -0.15) is 10.2 Å². The van der Waals surface area contributed by atoms with E-state index in [4.69, 9.17) is 10.1 Å². The van der Waals surface area contributed by atoms with E-state index in [9.17, 15) is 4.39 Å². The van der Waals surface area contributed by atoms with Gasteiger partial charge in [0.25, 0.3) is 0 Å². The maximum absolute atomic E-state index is 13.8. The Labute approximate surface area is 184 Å². The number of aromatic amines is 1. The number of benzene rings is 1. The quantitative estimate of drug-likeness (QED) is 0.431. The fourth-order valence-electron chi connectivity index (χ4n) is 4.12. The number of imidazole rings is 1. The summed E-state index contributed by atoms with van der Waals surface area (Å²) < 4.78 is 17.6. The second-order valence-electron chi connectivity index (χ2n) is 8.44. The van der Waals surface area contributed by atoms with Crippen LogP contribution in [0, 0.1) is 12.7 Å². The predicted molar refractivity (Wildman–Crippen MR) is 119 cm³/mol. The molecule has 0 atom stereocenters. The molecule has 4 aromatic heterocycles. The van der Waals surface area contributed by atoms with E-state index < -0.39 is 0 Å². The molecule has 32 heavy (non-hydrogen) atoms. The minimum Gasteiger partial charge on any atom is -0.340 e. The number of pyridine rings is 1. The number of rotatable bonds is 6. The van der Waals surface area contributed by atoms with Crippen LogP contribution in [-0.2, 0) is 12.8 Å². The van der Waals surface area contributed by atoms with Gasteiger partial charge in [-0.1, -0.05) is 6.07 Å². The average Bonchev–Trinajstić information content (AvgIpc) is 3.17. The normalized spacial score (nSPS) is 13.8. The Morgan fingerprint density at radius 3 is 2.88 bits per heavy atom. The van der Waals surface area contributed by atoms with Gasteiger partial charge in [-0.05, 0) is 67.6 Å². The molecule has 4 heterocycles. The Balaban J connectivity index is 1.37. The third-order valence-electron chi connectivity index (χ3n) is 5.84. The number of nitrogens with zero attached hydrogens (tertiary/aromatic N) is 6. The summed E-state index contributed by atoms with van der Waals surface area (Å²) in [6.07, 6.45) is 9.23. The number of nitrogens with one attached hydrogen (secondary N) is 1. The first-order chi connectivity index (χ1) is 15.6. The molecule has 7 nitrogen and oxygen atoms in total. The monoisotopic (exact) mass is 427 g/mol. The van der Waals surface area contributed by atoms with Crippen LogP contribution in [0.25, 0.3) is 28.3 Å². The molecule has 160 valence electrons. The van der Waals surface area contributed by atoms with Crippen LogP contribution in [0.2, 0.25) is 0 Å². The number of hydrogen-bond donors (Lipinski definition) is 1. The Kier molecular flexibility index (Phi) is 4.38. The van der Waals surface area contributed by atoms with Crippen LogP contribution >= 0.6 is 0 Å². The van der Waals surface area contributed by atoms with Crippen molar-refractivity contribution in [3.05, 3.63) is 77.9 Å². The fourth-order valence-corrected chi connectivity index (χ4v) is 4.12. The maximum Gasteiger partial charge on any atom is 0.155 e. The highest BCUT2D eigenvalue weighted by atomic mass is 19.1. The van der Waals surface area contributed by atoms with E-state index in [0.29, 0.717) is 18.9 Å². The number of H-pyrrole nitrogens is 1. The van der Waals surface area contributed by atoms with E-state index in [0.717, 1.165) is 45.2 Å². The minimum atomic E-state index is -0.201. The molecule has 5 aromatic rings. The van der Waals surface area contributed by atoms with Gasteiger partial charge in [0, 0.05) is 24.4 Å². The Hall–Kier alpha value is -3.81. The number of aryl methyl sites for hydroxylation is 3. The van der Waals surface area contributed by atoms with Gasteiger partial charge in [0.05, 0.1) is 17.4 Å². The lowest BCUT2D eigenvalue weighted by atomic mass is 10.1. The molecule has 0 radical (unpaired) electrons. The fraction of sp³-hybridized carbons (Fsp3) is 0.250. The van der Waals surface area contributed by atoms with Gasteiger partial charge < -0.3 is 4.98 Å². The van der Waals surface area contributed by atoms with Crippen LogP contribution in [0.3, 0.4) is 0 Å². The number of hydrogen-bond acceptors (Lipinski definition) is 4. The van der Waals surface area contributed by atoms with Crippen molar-refractivity contribution in [2.24, 2.45) is 0 Å². The van der Waals surface area contributed by atoms with Crippen LogP contribution < -0.4 is 0 Å². The summed E-state index contributed by atoms with van der Waals surface area (Å²) in [7, 11) is 0. The van der Waals surface area contributed by atoms with Crippen LogP contribution in [0.5, 0.6) is 0 Å². The number of aromatic nitrogens is 7. The van der Waals surface area contributed by atoms with Crippen molar-refractivity contribution in [2.75, 3.05) is 0 Å². The zero-order valence-corrected chi connectivity index (χ0v) is 17.7. The highest BCUT2D eigenvalue weighted by molar-refractivity contribution is 5.76. The molecular formula is C24H22FN7. The third-order valence-corrected chi connectivity index (χ3v) is 5.84. The molecule has 1 fully saturated rings. The first-order valence-corrected chi connectivity index (χ1v) is 10.8. The van der Waals surface area contributed by atoms with Gasteiger partial charge >= 0.3 is 0 Å². The molecule has 6 rings (SSSR count). The molecular weight excluding hydrogens is 405 g/mol. The zero-order chi connectivity index (χ0) is 21.7. The molecule has 0 spiro atoms. The van der Waals surface area contributed by atoms with Crippen LogP contribution in [0.1, 0.15) is 35.8 Å². The molecule has 8 heteroatoms. The van der Waals surface area contributed by atoms with E-state index in [-0.39, 0.29) is 5.82 Å². The van der Waals surface area contributed by atoms with Crippen LogP contribution in [0.4, 0.5) is 4.39 Å². The molecule has 0 aliphatic heterocycles. The van der Waals surface area contributed by atoms with Crippen LogP contribution in [0.15, 0.2) is 55.1 Å². The highest BCUT2D eigenvalue weighted by Gasteiger charge is 2.25. The minimum absolute atomic E-state index is 0.201. The van der Waals surface area contributed by atoms with Crippen molar-refractivity contribution >= 4 is 5.65 Å². The summed E-state index contributed by atoms with van der Waals surface area (Å²) in [5.41, 5.74) is 6.18. The van der Waals surface area contributed by atoms with Crippen molar-refractivity contribution in [1.29, 1.82) is 0 Å². The zero-order valence-electron chi connectivity index (χ0n) is 17.7. The Morgan fingerprint density at radius 2 is 2.03 bits per heavy atom. The van der Waals surface area contributed by atoms with E-state index in [2.05, 4.69) is 15.1 Å². The first kappa shape index (κ1) is 18.9. The van der Waals surface area contributed by atoms with Crippen molar-refractivity contribution < 1.29 is 4.39 Å². The van der Waals surface area contributed by atoms with E-state index in [1.54, 1.807) is 16.6 Å². The lowest BCUT2D eigenvalue weighted by Crippen LogP contribution is -1.96. The standard InChI is InChI=1S/C24H22FN7/c1-15-10-16(12-18(25)11-15)2-6-21-28-23(17-3-7-22-26-14-27-32(22)13-17)24(29-21)20-8-9-31(30-20)19-4-5-19/h3,7-14,19H,2,4-6H2,1H3,(H,28,29). The molecule has 1 N–H and O–H groups in total. The average molecular weight is 427 g/mol. The molecule has 1 aliphatic rings. The lowest BCUT2D eigenvalue weighted by molar-refractivity contribution is 0.623. The van der Waals surface area contributed by atoms with Crippen molar-refractivity contribution in [3.63, 3.8) is 0 Å². The third kappa shape index (κ3) is 3.57. The van der Waals surface area contributed by atoms with Crippen molar-refractivity contribution in [1.82, 2.24) is 34.3 Å². The van der Waals surface area contributed by atoms with Gasteiger partial charge in [-0.25, -0.2) is 18.9 Å². The van der Waals surface area contributed by atoms with E-state index >= 15 is 0 Å². The molecule has 1 aromatic carbocycles. The summed E-state index contributed by atoms with van der Waals surface area (Å²) in [5.74, 6) is 0.643. The van der Waals surface area contributed by atoms with Gasteiger partial charge in [0.15, 0.2) is 5.65 Å². The number of halogens is 1. The summed E-state index contributed by atoms with van der Waals surface area (Å²) >= 11 is 0. The summed E-state index contributed by atoms with van der Waals surface area (Å²) in [5, 5.41) is 9.05. The van der Waals surface area contributed by atoms with Gasteiger partial charge in [0.2, 0.25) is 0 Å². The predicted octanol–water partition coefficient (Wildman–Crippen LogP) is 4.55. The van der Waals surface area contributed by atoms with Gasteiger partial charge in [0.1, 0.15) is 23.7 Å². The second-order valence-corrected chi connectivity index (χ2v) is 8.44.